The van der Waals surface area contributed by atoms with Crippen molar-refractivity contribution >= 4 is 11.8 Å². The second-order valence-corrected chi connectivity index (χ2v) is 8.26. The zero-order chi connectivity index (χ0) is 18.2. The Morgan fingerprint density at radius 2 is 1.81 bits per heavy atom. The number of nitrogens with zero attached hydrogens (tertiary/aromatic N) is 4. The Balaban J connectivity index is 1.50. The van der Waals surface area contributed by atoms with Gasteiger partial charge in [-0.3, -0.25) is 4.90 Å². The lowest BCUT2D eigenvalue weighted by atomic mass is 9.82. The van der Waals surface area contributed by atoms with Crippen LogP contribution in [0.15, 0.2) is 30.3 Å². The molecule has 3 aliphatic rings. The van der Waals surface area contributed by atoms with Gasteiger partial charge in [-0.05, 0) is 44.2 Å². The predicted octanol–water partition coefficient (Wildman–Crippen LogP) is 3.20. The number of piperazine rings is 1. The van der Waals surface area contributed by atoms with Crippen molar-refractivity contribution in [2.75, 3.05) is 36.8 Å². The maximum atomic E-state index is 6.20. The zero-order valence-corrected chi connectivity index (χ0v) is 16.0. The van der Waals surface area contributed by atoms with Crippen LogP contribution in [0.5, 0.6) is 0 Å². The highest BCUT2D eigenvalue weighted by Gasteiger charge is 2.33. The minimum absolute atomic E-state index is 0.343. The molecule has 2 aromatic rings. The molecule has 0 spiro atoms. The van der Waals surface area contributed by atoms with Gasteiger partial charge in [0, 0.05) is 37.2 Å². The standard InChI is InChI=1S/C22H29N5/c23-22-24-20-18(16-7-2-1-3-8-16)10-6-11-19(20)21(25-22)27-14-13-26-12-5-4-9-17(26)15-27/h1-3,7-8,17-18H,4-6,9-15H2,(H2,23,24,25). The quantitative estimate of drug-likeness (QED) is 0.888. The molecule has 0 saturated carbocycles. The van der Waals surface area contributed by atoms with Crippen molar-refractivity contribution in [1.82, 2.24) is 14.9 Å². The fourth-order valence-corrected chi connectivity index (χ4v) is 5.27. The Bertz CT molecular complexity index is 806. The van der Waals surface area contributed by atoms with Gasteiger partial charge in [-0.1, -0.05) is 36.8 Å². The summed E-state index contributed by atoms with van der Waals surface area (Å²) in [6, 6.07) is 11.4. The third kappa shape index (κ3) is 3.18. The molecule has 5 heteroatoms. The Morgan fingerprint density at radius 1 is 0.926 bits per heavy atom. The number of nitrogens with two attached hydrogens (primary N) is 1. The average molecular weight is 364 g/mol. The molecule has 1 aliphatic carbocycles. The van der Waals surface area contributed by atoms with Crippen molar-refractivity contribution < 1.29 is 0 Å². The van der Waals surface area contributed by atoms with E-state index in [0.717, 1.165) is 38.3 Å². The number of nitrogen functional groups attached to an aromatic ring is 1. The number of anilines is 2. The summed E-state index contributed by atoms with van der Waals surface area (Å²) in [6.07, 6.45) is 7.42. The van der Waals surface area contributed by atoms with Crippen LogP contribution in [0.2, 0.25) is 0 Å². The molecule has 2 N–H and O–H groups in total. The lowest BCUT2D eigenvalue weighted by Crippen LogP contribution is -2.55. The summed E-state index contributed by atoms with van der Waals surface area (Å²) in [5.74, 6) is 1.89. The SMILES string of the molecule is Nc1nc2c(c(N3CCN4CCCCC4C3)n1)CCCC2c1ccccc1. The van der Waals surface area contributed by atoms with Gasteiger partial charge in [0.1, 0.15) is 5.82 Å². The molecule has 1 aromatic heterocycles. The van der Waals surface area contributed by atoms with Crippen LogP contribution in [0.1, 0.15) is 54.8 Å². The van der Waals surface area contributed by atoms with Crippen molar-refractivity contribution in [3.8, 4) is 0 Å². The number of hydrogen-bond acceptors (Lipinski definition) is 5. The summed E-state index contributed by atoms with van der Waals surface area (Å²) in [4.78, 5) is 14.7. The number of rotatable bonds is 2. The molecule has 142 valence electrons. The summed E-state index contributed by atoms with van der Waals surface area (Å²) in [5.41, 5.74) is 10.1. The van der Waals surface area contributed by atoms with Crippen LogP contribution in [0.4, 0.5) is 11.8 Å². The molecule has 2 atom stereocenters. The highest BCUT2D eigenvalue weighted by molar-refractivity contribution is 5.55. The van der Waals surface area contributed by atoms with Gasteiger partial charge in [-0.25, -0.2) is 4.98 Å². The van der Waals surface area contributed by atoms with Gasteiger partial charge in [-0.2, -0.15) is 4.98 Å². The van der Waals surface area contributed by atoms with E-state index in [1.807, 2.05) is 0 Å². The zero-order valence-electron chi connectivity index (χ0n) is 16.0. The first-order valence-corrected chi connectivity index (χ1v) is 10.5. The number of aromatic nitrogens is 2. The largest absolute Gasteiger partial charge is 0.368 e. The van der Waals surface area contributed by atoms with Gasteiger partial charge in [-0.15, -0.1) is 0 Å². The van der Waals surface area contributed by atoms with Gasteiger partial charge in [0.15, 0.2) is 0 Å². The van der Waals surface area contributed by atoms with E-state index in [2.05, 4.69) is 40.1 Å². The molecule has 1 aromatic carbocycles. The summed E-state index contributed by atoms with van der Waals surface area (Å²) in [7, 11) is 0. The van der Waals surface area contributed by atoms with Gasteiger partial charge >= 0.3 is 0 Å². The van der Waals surface area contributed by atoms with Crippen LogP contribution < -0.4 is 10.6 Å². The number of benzene rings is 1. The van der Waals surface area contributed by atoms with E-state index in [-0.39, 0.29) is 0 Å². The lowest BCUT2D eigenvalue weighted by molar-refractivity contribution is 0.133. The monoisotopic (exact) mass is 363 g/mol. The van der Waals surface area contributed by atoms with Gasteiger partial charge in [0.25, 0.3) is 0 Å². The van der Waals surface area contributed by atoms with Crippen molar-refractivity contribution in [1.29, 1.82) is 0 Å². The van der Waals surface area contributed by atoms with E-state index in [0.29, 0.717) is 17.9 Å². The Hall–Kier alpha value is -2.14. The molecular formula is C22H29N5. The van der Waals surface area contributed by atoms with Gasteiger partial charge in [0.2, 0.25) is 5.95 Å². The maximum Gasteiger partial charge on any atom is 0.222 e. The first-order chi connectivity index (χ1) is 13.3. The van der Waals surface area contributed by atoms with Crippen LogP contribution in [-0.4, -0.2) is 47.1 Å². The molecule has 0 radical (unpaired) electrons. The molecule has 0 bridgehead atoms. The van der Waals surface area contributed by atoms with Crippen LogP contribution in [-0.2, 0) is 6.42 Å². The summed E-state index contributed by atoms with van der Waals surface area (Å²) >= 11 is 0. The van der Waals surface area contributed by atoms with E-state index in [9.17, 15) is 0 Å². The summed E-state index contributed by atoms with van der Waals surface area (Å²) in [5, 5.41) is 0. The lowest BCUT2D eigenvalue weighted by Gasteiger charge is -2.45. The van der Waals surface area contributed by atoms with Crippen molar-refractivity contribution in [2.45, 2.75) is 50.5 Å². The maximum absolute atomic E-state index is 6.20. The van der Waals surface area contributed by atoms with E-state index >= 15 is 0 Å². The molecule has 2 unspecified atom stereocenters. The van der Waals surface area contributed by atoms with Crippen LogP contribution >= 0.6 is 0 Å². The third-order valence-electron chi connectivity index (χ3n) is 6.62. The minimum atomic E-state index is 0.343. The second kappa shape index (κ2) is 7.12. The normalized spacial score (nSPS) is 25.7. The second-order valence-electron chi connectivity index (χ2n) is 8.26. The first-order valence-electron chi connectivity index (χ1n) is 10.5. The van der Waals surface area contributed by atoms with Gasteiger partial charge < -0.3 is 10.6 Å². The Labute approximate surface area is 161 Å². The highest BCUT2D eigenvalue weighted by atomic mass is 15.3. The average Bonchev–Trinajstić information content (AvgIpc) is 2.73. The predicted molar refractivity (Wildman–Crippen MR) is 109 cm³/mol. The van der Waals surface area contributed by atoms with Crippen molar-refractivity contribution in [3.63, 3.8) is 0 Å². The fraction of sp³-hybridized carbons (Fsp3) is 0.545. The van der Waals surface area contributed by atoms with E-state index in [1.165, 1.54) is 49.0 Å². The summed E-state index contributed by atoms with van der Waals surface area (Å²) < 4.78 is 0. The number of hydrogen-bond donors (Lipinski definition) is 1. The molecule has 0 amide bonds. The first kappa shape index (κ1) is 17.0. The molecule has 3 heterocycles. The minimum Gasteiger partial charge on any atom is -0.368 e. The van der Waals surface area contributed by atoms with Crippen molar-refractivity contribution in [2.24, 2.45) is 0 Å². The molecular weight excluding hydrogens is 334 g/mol. The Morgan fingerprint density at radius 3 is 2.70 bits per heavy atom. The molecule has 5 nitrogen and oxygen atoms in total. The fourth-order valence-electron chi connectivity index (χ4n) is 5.27. The van der Waals surface area contributed by atoms with E-state index < -0.39 is 0 Å². The molecule has 27 heavy (non-hydrogen) atoms. The van der Waals surface area contributed by atoms with E-state index in [4.69, 9.17) is 15.7 Å². The van der Waals surface area contributed by atoms with Gasteiger partial charge in [0.05, 0.1) is 5.69 Å². The smallest absolute Gasteiger partial charge is 0.222 e. The number of piperidine rings is 1. The summed E-state index contributed by atoms with van der Waals surface area (Å²) in [6.45, 7) is 4.54. The highest BCUT2D eigenvalue weighted by Crippen LogP contribution is 2.39. The van der Waals surface area contributed by atoms with Crippen LogP contribution in [0, 0.1) is 0 Å². The number of fused-ring (bicyclic) bond motifs is 2. The van der Waals surface area contributed by atoms with Crippen molar-refractivity contribution in [3.05, 3.63) is 47.2 Å². The molecule has 5 rings (SSSR count). The third-order valence-corrected chi connectivity index (χ3v) is 6.62. The van der Waals surface area contributed by atoms with E-state index in [1.54, 1.807) is 0 Å². The van der Waals surface area contributed by atoms with Crippen LogP contribution in [0.25, 0.3) is 0 Å². The molecule has 2 aliphatic heterocycles. The molecule has 2 saturated heterocycles. The topological polar surface area (TPSA) is 58.3 Å². The molecule has 2 fully saturated rings. The van der Waals surface area contributed by atoms with Crippen LogP contribution in [0.3, 0.4) is 0 Å². The Kier molecular flexibility index (Phi) is 4.48.